The van der Waals surface area contributed by atoms with Crippen molar-refractivity contribution < 1.29 is 42.9 Å². The summed E-state index contributed by atoms with van der Waals surface area (Å²) < 4.78 is 0. The van der Waals surface area contributed by atoms with E-state index < -0.39 is 12.2 Å². The Morgan fingerprint density at radius 1 is 1.16 bits per heavy atom. The smallest absolute Gasteiger partial charge is 0.229 e. The SMILES string of the molecule is [C-]#[N+][C@@H]1C[C@@H](O)C(c2ccccc2C(O)CCCCC)C1CCCc1c[c-]ccc1.[Y]. The van der Waals surface area contributed by atoms with Crippen LogP contribution >= 0.6 is 0 Å². The number of hydrogen-bond acceptors (Lipinski definition) is 2. The summed E-state index contributed by atoms with van der Waals surface area (Å²) in [4.78, 5) is 3.88. The van der Waals surface area contributed by atoms with E-state index >= 15 is 0 Å². The number of rotatable bonds is 10. The van der Waals surface area contributed by atoms with Crippen LogP contribution in [0.5, 0.6) is 0 Å². The molecule has 0 bridgehead atoms. The fourth-order valence-electron chi connectivity index (χ4n) is 5.04. The topological polar surface area (TPSA) is 44.8 Å². The van der Waals surface area contributed by atoms with E-state index in [1.165, 1.54) is 5.56 Å². The largest absolute Gasteiger partial charge is 0.392 e. The summed E-state index contributed by atoms with van der Waals surface area (Å²) in [6, 6.07) is 19.0. The van der Waals surface area contributed by atoms with Gasteiger partial charge >= 0.3 is 0 Å². The first-order valence-electron chi connectivity index (χ1n) is 11.4. The molecule has 0 heterocycles. The normalized spacial score (nSPS) is 23.7. The van der Waals surface area contributed by atoms with Gasteiger partial charge in [-0.3, -0.25) is 0 Å². The molecule has 0 spiro atoms. The van der Waals surface area contributed by atoms with Crippen molar-refractivity contribution in [3.05, 3.63) is 82.7 Å². The van der Waals surface area contributed by atoms with Crippen LogP contribution in [0.4, 0.5) is 0 Å². The maximum absolute atomic E-state index is 10.9. The Morgan fingerprint density at radius 3 is 2.68 bits per heavy atom. The molecular formula is C27H34NO2Y-. The molecule has 1 fully saturated rings. The number of hydrogen-bond donors (Lipinski definition) is 2. The minimum absolute atomic E-state index is 0. The average Bonchev–Trinajstić information content (AvgIpc) is 3.09. The molecule has 0 aliphatic heterocycles. The molecule has 0 saturated heterocycles. The fraction of sp³-hybridized carbons (Fsp3) is 0.519. The standard InChI is InChI=1S/C27H34NO2.Y/c1-3-4-6-18-25(29)21-15-9-10-16-22(21)27-23(24(28-2)19-26(27)30)17-11-14-20-12-7-5-8-13-20;/h5,7,9-10,12-13,15-16,23-27,29-30H,3-4,6,11,14,17-19H2,1H3;/q-1;/t23?,24-,25?,26-,27?;/m1./s1. The second-order valence-corrected chi connectivity index (χ2v) is 8.63. The summed E-state index contributed by atoms with van der Waals surface area (Å²) in [5.74, 6) is 0.0395. The number of aliphatic hydroxyl groups is 2. The van der Waals surface area contributed by atoms with E-state index in [-0.39, 0.29) is 50.6 Å². The van der Waals surface area contributed by atoms with Gasteiger partial charge in [-0.25, -0.2) is 6.57 Å². The van der Waals surface area contributed by atoms with Crippen molar-refractivity contribution in [2.45, 2.75) is 82.5 Å². The molecule has 1 aliphatic rings. The van der Waals surface area contributed by atoms with Gasteiger partial charge in [-0.05, 0) is 24.0 Å². The van der Waals surface area contributed by atoms with Crippen molar-refractivity contribution in [2.75, 3.05) is 0 Å². The Hall–Kier alpha value is -1.05. The first kappa shape index (κ1) is 26.2. The third-order valence-electron chi connectivity index (χ3n) is 6.59. The van der Waals surface area contributed by atoms with Gasteiger partial charge in [-0.2, -0.15) is 35.9 Å². The van der Waals surface area contributed by atoms with Gasteiger partial charge in [0.1, 0.15) is 0 Å². The predicted molar refractivity (Wildman–Crippen MR) is 121 cm³/mol. The molecule has 31 heavy (non-hydrogen) atoms. The molecule has 163 valence electrons. The van der Waals surface area contributed by atoms with Crippen LogP contribution in [0.1, 0.15) is 80.6 Å². The van der Waals surface area contributed by atoms with Crippen molar-refractivity contribution in [3.63, 3.8) is 0 Å². The third-order valence-corrected chi connectivity index (χ3v) is 6.59. The zero-order chi connectivity index (χ0) is 21.3. The second kappa shape index (κ2) is 13.5. The van der Waals surface area contributed by atoms with Crippen LogP contribution in [-0.2, 0) is 39.1 Å². The molecule has 2 N–H and O–H groups in total. The molecule has 2 aromatic rings. The summed E-state index contributed by atoms with van der Waals surface area (Å²) >= 11 is 0. The Bertz CT molecular complexity index is 819. The minimum atomic E-state index is -0.525. The first-order chi connectivity index (χ1) is 14.7. The van der Waals surface area contributed by atoms with Crippen molar-refractivity contribution in [1.82, 2.24) is 0 Å². The first-order valence-corrected chi connectivity index (χ1v) is 11.4. The van der Waals surface area contributed by atoms with Crippen LogP contribution in [0, 0.1) is 18.6 Å². The van der Waals surface area contributed by atoms with Gasteiger partial charge in [0, 0.05) is 51.0 Å². The molecule has 3 nitrogen and oxygen atoms in total. The van der Waals surface area contributed by atoms with Crippen LogP contribution in [0.15, 0.2) is 48.5 Å². The van der Waals surface area contributed by atoms with E-state index in [1.54, 1.807) is 0 Å². The Labute approximate surface area is 213 Å². The van der Waals surface area contributed by atoms with Crippen LogP contribution in [0.25, 0.3) is 4.85 Å². The average molecular weight is 493 g/mol. The third kappa shape index (κ3) is 6.97. The van der Waals surface area contributed by atoms with Crippen molar-refractivity contribution in [3.8, 4) is 0 Å². The maximum Gasteiger partial charge on any atom is 0.229 e. The van der Waals surface area contributed by atoms with Gasteiger partial charge in [0.15, 0.2) is 0 Å². The van der Waals surface area contributed by atoms with E-state index in [2.05, 4.69) is 30.0 Å². The van der Waals surface area contributed by atoms with Crippen LogP contribution in [-0.4, -0.2) is 22.4 Å². The monoisotopic (exact) mass is 493 g/mol. The van der Waals surface area contributed by atoms with Gasteiger partial charge in [0.2, 0.25) is 6.04 Å². The number of benzene rings is 2. The fourth-order valence-corrected chi connectivity index (χ4v) is 5.04. The van der Waals surface area contributed by atoms with Gasteiger partial charge in [0.25, 0.3) is 0 Å². The van der Waals surface area contributed by atoms with E-state index in [1.807, 2.05) is 36.4 Å². The van der Waals surface area contributed by atoms with Crippen LogP contribution in [0.2, 0.25) is 0 Å². The summed E-state index contributed by atoms with van der Waals surface area (Å²) in [5.41, 5.74) is 3.24. The quantitative estimate of drug-likeness (QED) is 0.321. The summed E-state index contributed by atoms with van der Waals surface area (Å²) in [6.07, 6.45) is 6.34. The van der Waals surface area contributed by atoms with E-state index in [9.17, 15) is 10.2 Å². The van der Waals surface area contributed by atoms with Gasteiger partial charge in [0.05, 0.1) is 12.2 Å². The Kier molecular flexibility index (Phi) is 11.4. The van der Waals surface area contributed by atoms with Gasteiger partial charge in [-0.1, -0.05) is 63.3 Å². The summed E-state index contributed by atoms with van der Waals surface area (Å²) in [5, 5.41) is 21.8. The van der Waals surface area contributed by atoms with Gasteiger partial charge in [-0.15, -0.1) is 0 Å². The second-order valence-electron chi connectivity index (χ2n) is 8.63. The molecule has 1 aliphatic carbocycles. The van der Waals surface area contributed by atoms with Crippen molar-refractivity contribution in [1.29, 1.82) is 0 Å². The number of unbranched alkanes of at least 4 members (excludes halogenated alkanes) is 2. The van der Waals surface area contributed by atoms with Crippen molar-refractivity contribution in [2.24, 2.45) is 5.92 Å². The summed E-state index contributed by atoms with van der Waals surface area (Å²) in [6.45, 7) is 9.85. The van der Waals surface area contributed by atoms with Crippen LogP contribution < -0.4 is 0 Å². The molecule has 2 aromatic carbocycles. The molecular weight excluding hydrogens is 459 g/mol. The zero-order valence-electron chi connectivity index (χ0n) is 18.6. The Morgan fingerprint density at radius 2 is 1.97 bits per heavy atom. The molecule has 0 aromatic heterocycles. The number of aliphatic hydroxyl groups excluding tert-OH is 2. The summed E-state index contributed by atoms with van der Waals surface area (Å²) in [7, 11) is 0. The molecule has 3 rings (SSSR count). The Balaban J connectivity index is 0.00000341. The zero-order valence-corrected chi connectivity index (χ0v) is 21.4. The number of nitrogens with zero attached hydrogens (tertiary/aromatic N) is 1. The van der Waals surface area contributed by atoms with E-state index in [0.29, 0.717) is 6.42 Å². The molecule has 1 saturated carbocycles. The van der Waals surface area contributed by atoms with E-state index in [4.69, 9.17) is 6.57 Å². The molecule has 3 unspecified atom stereocenters. The minimum Gasteiger partial charge on any atom is -0.392 e. The number of aryl methyl sites for hydroxylation is 1. The molecule has 0 amide bonds. The maximum atomic E-state index is 10.9. The predicted octanol–water partition coefficient (Wildman–Crippen LogP) is 5.87. The van der Waals surface area contributed by atoms with Gasteiger partial charge < -0.3 is 15.1 Å². The van der Waals surface area contributed by atoms with Crippen molar-refractivity contribution >= 4 is 0 Å². The van der Waals surface area contributed by atoms with E-state index in [0.717, 1.165) is 56.1 Å². The molecule has 1 radical (unpaired) electrons. The van der Waals surface area contributed by atoms with Crippen LogP contribution in [0.3, 0.4) is 0 Å². The molecule has 5 atom stereocenters. The molecule has 4 heteroatoms.